The minimum atomic E-state index is 0.109. The largest absolute Gasteiger partial charge is 0.410 e. The zero-order valence-electron chi connectivity index (χ0n) is 9.16. The molecule has 0 aliphatic heterocycles. The lowest BCUT2D eigenvalue weighted by Crippen LogP contribution is -2.06. The minimum absolute atomic E-state index is 0.109. The average Bonchev–Trinajstić information content (AvgIpc) is 2.15. The first-order chi connectivity index (χ1) is 6.92. The zero-order chi connectivity index (χ0) is 11.5. The van der Waals surface area contributed by atoms with Crippen LogP contribution in [0.2, 0.25) is 0 Å². The fourth-order valence-corrected chi connectivity index (χ4v) is 1.40. The summed E-state index contributed by atoms with van der Waals surface area (Å²) in [7, 11) is 0. The Bertz CT molecular complexity index is 349. The van der Waals surface area contributed by atoms with E-state index < -0.39 is 0 Å². The van der Waals surface area contributed by atoms with E-state index >= 15 is 0 Å². The van der Waals surface area contributed by atoms with Gasteiger partial charge in [-0.05, 0) is 17.4 Å². The Kier molecular flexibility index (Phi) is 3.75. The summed E-state index contributed by atoms with van der Waals surface area (Å²) in [5, 5.41) is 11.5. The van der Waals surface area contributed by atoms with Gasteiger partial charge in [-0.3, -0.25) is 0 Å². The SMILES string of the molecule is CC(C)(C)[CH]c1ccc(/C(Cl)=N/O)cc1. The normalized spacial score (nSPS) is 12.9. The van der Waals surface area contributed by atoms with Gasteiger partial charge in [0.1, 0.15) is 0 Å². The summed E-state index contributed by atoms with van der Waals surface area (Å²) in [4.78, 5) is 0. The van der Waals surface area contributed by atoms with Crippen LogP contribution in [0, 0.1) is 11.8 Å². The summed E-state index contributed by atoms with van der Waals surface area (Å²) in [6.07, 6.45) is 2.17. The summed E-state index contributed by atoms with van der Waals surface area (Å²) in [6.45, 7) is 6.43. The minimum Gasteiger partial charge on any atom is -0.410 e. The Balaban J connectivity index is 2.82. The van der Waals surface area contributed by atoms with E-state index in [0.29, 0.717) is 5.56 Å². The fraction of sp³-hybridized carbons (Fsp3) is 0.333. The van der Waals surface area contributed by atoms with Gasteiger partial charge in [0.2, 0.25) is 0 Å². The highest BCUT2D eigenvalue weighted by molar-refractivity contribution is 6.69. The molecule has 0 bridgehead atoms. The summed E-state index contributed by atoms with van der Waals surface area (Å²) >= 11 is 5.67. The lowest BCUT2D eigenvalue weighted by atomic mass is 9.88. The second-order valence-corrected chi connectivity index (χ2v) is 4.88. The van der Waals surface area contributed by atoms with Crippen LogP contribution < -0.4 is 0 Å². The topological polar surface area (TPSA) is 32.6 Å². The van der Waals surface area contributed by atoms with Gasteiger partial charge >= 0.3 is 0 Å². The van der Waals surface area contributed by atoms with Gasteiger partial charge in [-0.2, -0.15) is 0 Å². The second kappa shape index (κ2) is 4.67. The van der Waals surface area contributed by atoms with E-state index in [0.717, 1.165) is 5.56 Å². The second-order valence-electron chi connectivity index (χ2n) is 4.52. The van der Waals surface area contributed by atoms with Gasteiger partial charge in [0.05, 0.1) is 0 Å². The third-order valence-electron chi connectivity index (χ3n) is 1.84. The molecule has 1 aromatic rings. The zero-order valence-corrected chi connectivity index (χ0v) is 9.92. The van der Waals surface area contributed by atoms with Gasteiger partial charge in [-0.1, -0.05) is 61.8 Å². The molecule has 0 atom stereocenters. The first-order valence-electron chi connectivity index (χ1n) is 4.76. The van der Waals surface area contributed by atoms with Crippen molar-refractivity contribution < 1.29 is 5.21 Å². The van der Waals surface area contributed by atoms with Gasteiger partial charge in [0.15, 0.2) is 5.17 Å². The van der Waals surface area contributed by atoms with Gasteiger partial charge in [0.25, 0.3) is 0 Å². The third kappa shape index (κ3) is 3.92. The molecule has 0 aliphatic rings. The van der Waals surface area contributed by atoms with Crippen LogP contribution >= 0.6 is 11.6 Å². The van der Waals surface area contributed by atoms with Gasteiger partial charge in [0, 0.05) is 5.56 Å². The van der Waals surface area contributed by atoms with Crippen LogP contribution in [0.3, 0.4) is 0 Å². The predicted molar refractivity (Wildman–Crippen MR) is 63.5 cm³/mol. The van der Waals surface area contributed by atoms with Gasteiger partial charge in [-0.15, -0.1) is 0 Å². The first-order valence-corrected chi connectivity index (χ1v) is 5.14. The van der Waals surface area contributed by atoms with Crippen molar-refractivity contribution in [1.82, 2.24) is 0 Å². The average molecular weight is 225 g/mol. The molecule has 2 nitrogen and oxygen atoms in total. The lowest BCUT2D eigenvalue weighted by Gasteiger charge is -2.17. The van der Waals surface area contributed by atoms with Crippen LogP contribution in [0.5, 0.6) is 0 Å². The maximum atomic E-state index is 8.49. The molecule has 0 fully saturated rings. The molecule has 81 valence electrons. The number of hydrogen-bond donors (Lipinski definition) is 1. The summed E-state index contributed by atoms with van der Waals surface area (Å²) < 4.78 is 0. The van der Waals surface area contributed by atoms with Crippen molar-refractivity contribution >= 4 is 16.8 Å². The standard InChI is InChI=1S/C12H15ClNO/c1-12(2,3)8-9-4-6-10(7-5-9)11(13)14-15/h4-8,15H,1-3H3/b14-11-. The van der Waals surface area contributed by atoms with Crippen molar-refractivity contribution in [2.24, 2.45) is 10.6 Å². The van der Waals surface area contributed by atoms with Gasteiger partial charge < -0.3 is 5.21 Å². The Labute approximate surface area is 95.6 Å². The van der Waals surface area contributed by atoms with E-state index in [1.807, 2.05) is 24.3 Å². The molecule has 0 aromatic heterocycles. The number of halogens is 1. The van der Waals surface area contributed by atoms with Crippen LogP contribution in [0.15, 0.2) is 29.4 Å². The van der Waals surface area contributed by atoms with Crippen LogP contribution in [0.4, 0.5) is 0 Å². The molecule has 0 aliphatic carbocycles. The molecule has 0 heterocycles. The molecule has 1 aromatic carbocycles. The number of rotatable bonds is 2. The molecule has 1 radical (unpaired) electrons. The van der Waals surface area contributed by atoms with Crippen LogP contribution in [-0.2, 0) is 0 Å². The van der Waals surface area contributed by atoms with Crippen LogP contribution in [0.1, 0.15) is 31.9 Å². The van der Waals surface area contributed by atoms with Crippen molar-refractivity contribution in [1.29, 1.82) is 0 Å². The Hall–Kier alpha value is -1.02. The Morgan fingerprint density at radius 2 is 1.80 bits per heavy atom. The van der Waals surface area contributed by atoms with Crippen molar-refractivity contribution in [3.8, 4) is 0 Å². The summed E-state index contributed by atoms with van der Waals surface area (Å²) in [6, 6.07) is 7.57. The number of oxime groups is 1. The maximum absolute atomic E-state index is 8.49. The van der Waals surface area contributed by atoms with E-state index in [-0.39, 0.29) is 10.6 Å². The van der Waals surface area contributed by atoms with E-state index in [2.05, 4.69) is 32.3 Å². The molecule has 0 saturated heterocycles. The highest BCUT2D eigenvalue weighted by atomic mass is 35.5. The number of benzene rings is 1. The summed E-state index contributed by atoms with van der Waals surface area (Å²) in [5.74, 6) is 0. The Morgan fingerprint density at radius 3 is 2.20 bits per heavy atom. The molecule has 0 unspecified atom stereocenters. The number of nitrogens with zero attached hydrogens (tertiary/aromatic N) is 1. The smallest absolute Gasteiger partial charge is 0.175 e. The molecule has 1 N–H and O–H groups in total. The monoisotopic (exact) mass is 224 g/mol. The Morgan fingerprint density at radius 1 is 1.27 bits per heavy atom. The first kappa shape index (κ1) is 12.1. The summed E-state index contributed by atoms with van der Waals surface area (Å²) in [5.41, 5.74) is 2.00. The lowest BCUT2D eigenvalue weighted by molar-refractivity contribution is 0.321. The molecular weight excluding hydrogens is 210 g/mol. The molecule has 15 heavy (non-hydrogen) atoms. The maximum Gasteiger partial charge on any atom is 0.175 e. The molecule has 0 saturated carbocycles. The van der Waals surface area contributed by atoms with Crippen LogP contribution in [-0.4, -0.2) is 10.4 Å². The molecular formula is C12H15ClNO. The van der Waals surface area contributed by atoms with Gasteiger partial charge in [-0.25, -0.2) is 0 Å². The van der Waals surface area contributed by atoms with E-state index in [4.69, 9.17) is 16.8 Å². The molecule has 0 amide bonds. The quantitative estimate of drug-likeness (QED) is 0.464. The third-order valence-corrected chi connectivity index (χ3v) is 2.13. The van der Waals surface area contributed by atoms with Crippen molar-refractivity contribution in [2.75, 3.05) is 0 Å². The molecule has 1 rings (SSSR count). The van der Waals surface area contributed by atoms with Crippen molar-refractivity contribution in [2.45, 2.75) is 20.8 Å². The van der Waals surface area contributed by atoms with E-state index in [1.165, 1.54) is 0 Å². The van der Waals surface area contributed by atoms with E-state index in [9.17, 15) is 0 Å². The van der Waals surface area contributed by atoms with Crippen molar-refractivity contribution in [3.63, 3.8) is 0 Å². The van der Waals surface area contributed by atoms with Crippen LogP contribution in [0.25, 0.3) is 0 Å². The number of hydrogen-bond acceptors (Lipinski definition) is 2. The molecule has 3 heteroatoms. The fourth-order valence-electron chi connectivity index (χ4n) is 1.27. The highest BCUT2D eigenvalue weighted by Crippen LogP contribution is 2.23. The predicted octanol–water partition coefficient (Wildman–Crippen LogP) is 3.66. The van der Waals surface area contributed by atoms with Crippen molar-refractivity contribution in [3.05, 3.63) is 41.8 Å². The molecule has 0 spiro atoms. The van der Waals surface area contributed by atoms with E-state index in [1.54, 1.807) is 0 Å². The highest BCUT2D eigenvalue weighted by Gasteiger charge is 2.11.